The van der Waals surface area contributed by atoms with Crippen molar-refractivity contribution >= 4 is 34.3 Å². The van der Waals surface area contributed by atoms with Crippen LogP contribution < -0.4 is 10.6 Å². The summed E-state index contributed by atoms with van der Waals surface area (Å²) in [6.07, 6.45) is 8.57. The van der Waals surface area contributed by atoms with E-state index in [1.807, 2.05) is 12.1 Å². The van der Waals surface area contributed by atoms with E-state index in [1.165, 1.54) is 12.8 Å². The fraction of sp³-hybridized carbons (Fsp3) is 0.312. The van der Waals surface area contributed by atoms with Crippen molar-refractivity contribution in [2.24, 2.45) is 0 Å². The lowest BCUT2D eigenvalue weighted by atomic mass is 10.2. The van der Waals surface area contributed by atoms with Gasteiger partial charge in [0.25, 0.3) is 0 Å². The fourth-order valence-corrected chi connectivity index (χ4v) is 2.43. The average Bonchev–Trinajstić information content (AvgIpc) is 3.13. The molecule has 0 fully saturated rings. The first-order valence-electron chi connectivity index (χ1n) is 7.94. The van der Waals surface area contributed by atoms with Gasteiger partial charge in [0, 0.05) is 18.9 Å². The molecule has 0 aliphatic carbocycles. The Morgan fingerprint density at radius 2 is 2.12 bits per heavy atom. The smallest absolute Gasteiger partial charge is 0.180 e. The first-order chi connectivity index (χ1) is 11.8. The number of anilines is 1. The molecule has 3 heterocycles. The van der Waals surface area contributed by atoms with Gasteiger partial charge in [-0.25, -0.2) is 15.0 Å². The molecule has 0 aromatic carbocycles. The van der Waals surface area contributed by atoms with E-state index in [-0.39, 0.29) is 0 Å². The molecule has 124 valence electrons. The van der Waals surface area contributed by atoms with E-state index in [0.29, 0.717) is 28.1 Å². The van der Waals surface area contributed by atoms with E-state index in [0.717, 1.165) is 18.5 Å². The molecule has 0 saturated carbocycles. The highest BCUT2D eigenvalue weighted by molar-refractivity contribution is 7.80. The van der Waals surface area contributed by atoms with E-state index in [1.54, 1.807) is 18.6 Å². The molecular formula is C16H19N7S. The molecule has 0 atom stereocenters. The first-order valence-corrected chi connectivity index (χ1v) is 8.35. The van der Waals surface area contributed by atoms with Crippen LogP contribution in [0.5, 0.6) is 0 Å². The topological polar surface area (TPSA) is 91.4 Å². The summed E-state index contributed by atoms with van der Waals surface area (Å²) in [5.41, 5.74) is 1.91. The van der Waals surface area contributed by atoms with Crippen LogP contribution >= 0.6 is 12.2 Å². The monoisotopic (exact) mass is 341 g/mol. The summed E-state index contributed by atoms with van der Waals surface area (Å²) in [4.78, 5) is 20.5. The molecule has 0 radical (unpaired) electrons. The van der Waals surface area contributed by atoms with E-state index in [2.05, 4.69) is 42.5 Å². The minimum atomic E-state index is 0.544. The molecule has 0 bridgehead atoms. The summed E-state index contributed by atoms with van der Waals surface area (Å²) in [6.45, 7) is 3.03. The maximum absolute atomic E-state index is 5.29. The molecule has 3 aromatic heterocycles. The summed E-state index contributed by atoms with van der Waals surface area (Å²) in [5.74, 6) is 1.30. The molecule has 0 amide bonds. The lowest BCUT2D eigenvalue weighted by molar-refractivity contribution is 0.697. The number of nitrogens with zero attached hydrogens (tertiary/aromatic N) is 4. The van der Waals surface area contributed by atoms with Gasteiger partial charge >= 0.3 is 0 Å². The number of fused-ring (bicyclic) bond motifs is 1. The Balaban J connectivity index is 1.71. The third kappa shape index (κ3) is 4.02. The Bertz CT molecular complexity index is 816. The normalized spacial score (nSPS) is 10.7. The fourth-order valence-electron chi connectivity index (χ4n) is 2.22. The van der Waals surface area contributed by atoms with Crippen molar-refractivity contribution in [3.05, 3.63) is 30.7 Å². The van der Waals surface area contributed by atoms with Gasteiger partial charge in [-0.3, -0.25) is 4.98 Å². The molecule has 24 heavy (non-hydrogen) atoms. The van der Waals surface area contributed by atoms with Crippen molar-refractivity contribution in [3.63, 3.8) is 0 Å². The minimum absolute atomic E-state index is 0.544. The maximum Gasteiger partial charge on any atom is 0.180 e. The van der Waals surface area contributed by atoms with E-state index < -0.39 is 0 Å². The molecule has 0 saturated heterocycles. The van der Waals surface area contributed by atoms with Gasteiger partial charge in [0.05, 0.1) is 6.20 Å². The Morgan fingerprint density at radius 1 is 1.21 bits per heavy atom. The maximum atomic E-state index is 5.29. The van der Waals surface area contributed by atoms with Crippen LogP contribution in [-0.4, -0.2) is 36.6 Å². The Hall–Kier alpha value is -2.61. The van der Waals surface area contributed by atoms with Gasteiger partial charge in [0.1, 0.15) is 17.0 Å². The number of imidazole rings is 1. The van der Waals surface area contributed by atoms with Crippen molar-refractivity contribution in [3.8, 4) is 11.5 Å². The predicted molar refractivity (Wildman–Crippen MR) is 98.7 cm³/mol. The predicted octanol–water partition coefficient (Wildman–Crippen LogP) is 2.89. The van der Waals surface area contributed by atoms with Crippen LogP contribution in [0.3, 0.4) is 0 Å². The van der Waals surface area contributed by atoms with E-state index in [9.17, 15) is 0 Å². The number of hydrogen-bond acceptors (Lipinski definition) is 5. The summed E-state index contributed by atoms with van der Waals surface area (Å²) in [7, 11) is 0. The van der Waals surface area contributed by atoms with Crippen LogP contribution in [0.15, 0.2) is 30.7 Å². The highest BCUT2D eigenvalue weighted by Gasteiger charge is 2.07. The number of nitrogens with one attached hydrogen (secondary N) is 3. The molecule has 3 aromatic rings. The van der Waals surface area contributed by atoms with Gasteiger partial charge in [-0.05, 0) is 30.8 Å². The number of hydrogen-bond donors (Lipinski definition) is 3. The average molecular weight is 341 g/mol. The van der Waals surface area contributed by atoms with Crippen molar-refractivity contribution < 1.29 is 0 Å². The SMILES string of the molecule is CCCCCNC(=S)Nc1ccc2ncc(-c3ncc[nH]3)nc2n1. The lowest BCUT2D eigenvalue weighted by Crippen LogP contribution is -2.29. The number of unbranched alkanes of at least 4 members (excludes halogenated alkanes) is 2. The Labute approximate surface area is 145 Å². The van der Waals surface area contributed by atoms with Crippen LogP contribution in [0, 0.1) is 0 Å². The summed E-state index contributed by atoms with van der Waals surface area (Å²) < 4.78 is 0. The second-order valence-corrected chi connectivity index (χ2v) is 5.73. The molecule has 0 spiro atoms. The van der Waals surface area contributed by atoms with E-state index >= 15 is 0 Å². The molecule has 0 aliphatic rings. The molecule has 0 unspecified atom stereocenters. The van der Waals surface area contributed by atoms with Gasteiger partial charge in [0.15, 0.2) is 16.6 Å². The molecule has 0 aliphatic heterocycles. The number of H-pyrrole nitrogens is 1. The number of rotatable bonds is 6. The van der Waals surface area contributed by atoms with Crippen LogP contribution in [0.25, 0.3) is 22.7 Å². The quantitative estimate of drug-likeness (QED) is 0.469. The molecule has 3 rings (SSSR count). The third-order valence-corrected chi connectivity index (χ3v) is 3.70. The summed E-state index contributed by atoms with van der Waals surface area (Å²) >= 11 is 5.29. The Morgan fingerprint density at radius 3 is 2.92 bits per heavy atom. The highest BCUT2D eigenvalue weighted by Crippen LogP contribution is 2.16. The minimum Gasteiger partial charge on any atom is -0.362 e. The van der Waals surface area contributed by atoms with Crippen LogP contribution in [0.2, 0.25) is 0 Å². The third-order valence-electron chi connectivity index (χ3n) is 3.46. The van der Waals surface area contributed by atoms with Crippen molar-refractivity contribution in [2.45, 2.75) is 26.2 Å². The number of aromatic amines is 1. The Kier molecular flexibility index (Phi) is 5.27. The number of pyridine rings is 1. The highest BCUT2D eigenvalue weighted by atomic mass is 32.1. The number of aromatic nitrogens is 5. The van der Waals surface area contributed by atoms with Crippen molar-refractivity contribution in [2.75, 3.05) is 11.9 Å². The molecule has 8 heteroatoms. The largest absolute Gasteiger partial charge is 0.362 e. The number of thiocarbonyl (C=S) groups is 1. The standard InChI is InChI=1S/C16H19N7S/c1-2-3-4-7-19-16(24)23-13-6-5-11-15(22-13)21-12(10-20-11)14-17-8-9-18-14/h5-6,8-10H,2-4,7H2,1H3,(H,17,18)(H2,19,21,22,23,24). The molecular weight excluding hydrogens is 322 g/mol. The zero-order chi connectivity index (χ0) is 16.8. The second kappa shape index (κ2) is 7.78. The lowest BCUT2D eigenvalue weighted by Gasteiger charge is -2.10. The zero-order valence-electron chi connectivity index (χ0n) is 13.4. The van der Waals surface area contributed by atoms with Crippen molar-refractivity contribution in [1.82, 2.24) is 30.2 Å². The van der Waals surface area contributed by atoms with Gasteiger partial charge in [-0.1, -0.05) is 19.8 Å². The summed E-state index contributed by atoms with van der Waals surface area (Å²) in [5, 5.41) is 6.82. The summed E-state index contributed by atoms with van der Waals surface area (Å²) in [6, 6.07) is 3.70. The zero-order valence-corrected chi connectivity index (χ0v) is 14.2. The first kappa shape index (κ1) is 16.3. The van der Waals surface area contributed by atoms with Crippen molar-refractivity contribution in [1.29, 1.82) is 0 Å². The van der Waals surface area contributed by atoms with Gasteiger partial charge < -0.3 is 15.6 Å². The van der Waals surface area contributed by atoms with Gasteiger partial charge in [-0.15, -0.1) is 0 Å². The second-order valence-electron chi connectivity index (χ2n) is 5.32. The molecule has 3 N–H and O–H groups in total. The molecule has 7 nitrogen and oxygen atoms in total. The van der Waals surface area contributed by atoms with Crippen LogP contribution in [0.1, 0.15) is 26.2 Å². The van der Waals surface area contributed by atoms with Gasteiger partial charge in [-0.2, -0.15) is 0 Å². The van der Waals surface area contributed by atoms with Crippen LogP contribution in [0.4, 0.5) is 5.82 Å². The van der Waals surface area contributed by atoms with Gasteiger partial charge in [0.2, 0.25) is 0 Å². The van der Waals surface area contributed by atoms with Crippen LogP contribution in [-0.2, 0) is 0 Å². The van der Waals surface area contributed by atoms with E-state index in [4.69, 9.17) is 12.2 Å².